The van der Waals surface area contributed by atoms with Gasteiger partial charge in [0.2, 0.25) is 11.8 Å². The molecule has 6 unspecified atom stereocenters. The molecule has 9 nitrogen and oxygen atoms in total. The zero-order chi connectivity index (χ0) is 31.1. The van der Waals surface area contributed by atoms with E-state index >= 15 is 0 Å². The SMILES string of the molecule is O=C1C2C3CC(C2C(=O)N1c1ccc([N+](=O)[O-])cc1)C1C3Sc2[nH]c(=O)sc2[C@@H]1c1cc(Br)ccc1OCc1ccc(Cl)cc1. The second kappa shape index (κ2) is 10.8. The quantitative estimate of drug-likeness (QED) is 0.129. The molecular weight excluding hydrogens is 702 g/mol. The van der Waals surface area contributed by atoms with Crippen LogP contribution in [0.2, 0.25) is 5.02 Å². The Morgan fingerprint density at radius 3 is 2.42 bits per heavy atom. The number of rotatable bonds is 6. The molecule has 1 aromatic heterocycles. The summed E-state index contributed by atoms with van der Waals surface area (Å²) in [6.45, 7) is 0.325. The van der Waals surface area contributed by atoms with Crippen molar-refractivity contribution >= 4 is 73.8 Å². The van der Waals surface area contributed by atoms with Gasteiger partial charge in [-0.05, 0) is 72.2 Å². The summed E-state index contributed by atoms with van der Waals surface area (Å²) in [5, 5.41) is 12.7. The Balaban J connectivity index is 1.18. The molecular formula is C32H23BrClN3O6S2. The lowest BCUT2D eigenvalue weighted by Gasteiger charge is -2.43. The lowest BCUT2D eigenvalue weighted by Crippen LogP contribution is -2.42. The number of benzene rings is 3. The van der Waals surface area contributed by atoms with Crippen LogP contribution in [0.1, 0.15) is 28.3 Å². The smallest absolute Gasteiger partial charge is 0.305 e. The van der Waals surface area contributed by atoms with Crippen LogP contribution in [0.5, 0.6) is 5.75 Å². The second-order valence-corrected chi connectivity index (χ2v) is 15.4. The van der Waals surface area contributed by atoms with Crippen molar-refractivity contribution in [2.24, 2.45) is 29.6 Å². The fourth-order valence-electron chi connectivity index (χ4n) is 7.98. The number of carbonyl (C=O) groups is 2. The Hall–Kier alpha value is -3.45. The number of anilines is 1. The Labute approximate surface area is 278 Å². The summed E-state index contributed by atoms with van der Waals surface area (Å²) in [5.41, 5.74) is 2.14. The van der Waals surface area contributed by atoms with E-state index in [-0.39, 0.29) is 51.3 Å². The van der Waals surface area contributed by atoms with E-state index in [9.17, 15) is 24.5 Å². The molecule has 3 heterocycles. The number of aromatic nitrogens is 1. The maximum Gasteiger partial charge on any atom is 0.305 e. The van der Waals surface area contributed by atoms with Gasteiger partial charge in [-0.3, -0.25) is 29.4 Å². The van der Waals surface area contributed by atoms with Gasteiger partial charge in [-0.25, -0.2) is 0 Å². The molecule has 228 valence electrons. The van der Waals surface area contributed by atoms with Gasteiger partial charge >= 0.3 is 4.87 Å². The highest BCUT2D eigenvalue weighted by molar-refractivity contribution is 9.10. The zero-order valence-corrected chi connectivity index (χ0v) is 27.2. The van der Waals surface area contributed by atoms with Crippen molar-refractivity contribution in [1.82, 2.24) is 4.98 Å². The number of thiazole rings is 1. The standard InChI is InChI=1S/C32H23BrClN3O6S2/c33-15-3-10-22(43-13-14-1-4-16(34)5-2-14)19(11-15)23-24-20-12-21(27(24)44-29-28(23)45-32(40)35-29)26-25(20)30(38)36(31(26)39)17-6-8-18(9-7-17)37(41)42/h1-11,20-21,23-27H,12-13H2,(H,35,40)/t20?,21?,23-,24?,25?,26?,27?/m1/s1. The third-order valence-corrected chi connectivity index (χ3v) is 13.0. The van der Waals surface area contributed by atoms with Crippen LogP contribution in [-0.4, -0.2) is 27.0 Å². The number of hydrogen-bond acceptors (Lipinski definition) is 8. The average Bonchev–Trinajstić information content (AvgIpc) is 3.76. The maximum absolute atomic E-state index is 14.0. The van der Waals surface area contributed by atoms with Crippen molar-refractivity contribution in [2.45, 2.75) is 29.2 Å². The number of aromatic amines is 1. The molecule has 45 heavy (non-hydrogen) atoms. The van der Waals surface area contributed by atoms with Crippen LogP contribution in [0.15, 0.2) is 81.0 Å². The number of carbonyl (C=O) groups excluding carboxylic acids is 2. The summed E-state index contributed by atoms with van der Waals surface area (Å²) in [6.07, 6.45) is 0.744. The van der Waals surface area contributed by atoms with Gasteiger partial charge in [0.05, 0.1) is 27.5 Å². The first kappa shape index (κ1) is 29.0. The van der Waals surface area contributed by atoms with Crippen molar-refractivity contribution in [3.05, 3.63) is 112 Å². The van der Waals surface area contributed by atoms with Crippen LogP contribution >= 0.6 is 50.6 Å². The summed E-state index contributed by atoms with van der Waals surface area (Å²) < 4.78 is 7.28. The van der Waals surface area contributed by atoms with Gasteiger partial charge in [0.15, 0.2) is 0 Å². The largest absolute Gasteiger partial charge is 0.489 e. The first-order chi connectivity index (χ1) is 21.7. The first-order valence-corrected chi connectivity index (χ1v) is 17.2. The van der Waals surface area contributed by atoms with Crippen molar-refractivity contribution in [2.75, 3.05) is 4.90 Å². The Kier molecular flexibility index (Phi) is 6.97. The van der Waals surface area contributed by atoms with Gasteiger partial charge in [0, 0.05) is 43.2 Å². The number of non-ortho nitro benzene ring substituents is 1. The molecule has 13 heteroatoms. The van der Waals surface area contributed by atoms with Crippen molar-refractivity contribution < 1.29 is 19.2 Å². The van der Waals surface area contributed by atoms with Crippen molar-refractivity contribution in [3.63, 3.8) is 0 Å². The van der Waals surface area contributed by atoms with Crippen LogP contribution in [0, 0.1) is 39.7 Å². The lowest BCUT2D eigenvalue weighted by atomic mass is 9.68. The summed E-state index contributed by atoms with van der Waals surface area (Å²) in [6, 6.07) is 18.9. The van der Waals surface area contributed by atoms with Gasteiger partial charge in [-0.2, -0.15) is 0 Å². The molecule has 4 aliphatic rings. The predicted molar refractivity (Wildman–Crippen MR) is 174 cm³/mol. The van der Waals surface area contributed by atoms with Crippen LogP contribution in [0.3, 0.4) is 0 Å². The van der Waals surface area contributed by atoms with Gasteiger partial charge in [-0.1, -0.05) is 51.0 Å². The van der Waals surface area contributed by atoms with E-state index in [0.29, 0.717) is 23.1 Å². The molecule has 2 aliphatic heterocycles. The van der Waals surface area contributed by atoms with E-state index in [0.717, 1.165) is 31.9 Å². The molecule has 2 bridgehead atoms. The fraction of sp³-hybridized carbons (Fsp3) is 0.281. The first-order valence-electron chi connectivity index (χ1n) is 14.4. The number of thioether (sulfide) groups is 1. The third kappa shape index (κ3) is 4.59. The molecule has 2 amide bonds. The minimum atomic E-state index is -0.507. The number of fused-ring (bicyclic) bond motifs is 9. The number of nitrogens with zero attached hydrogens (tertiary/aromatic N) is 2. The molecule has 1 N–H and O–H groups in total. The summed E-state index contributed by atoms with van der Waals surface area (Å²) >= 11 is 12.5. The fourth-order valence-corrected chi connectivity index (χ4v) is 11.4. The number of amides is 2. The zero-order valence-electron chi connectivity index (χ0n) is 23.2. The number of nitrogens with one attached hydrogen (secondary N) is 1. The number of halogens is 2. The van der Waals surface area contributed by atoms with Gasteiger partial charge in [0.1, 0.15) is 12.4 Å². The molecule has 4 aromatic rings. The van der Waals surface area contributed by atoms with Crippen LogP contribution in [-0.2, 0) is 16.2 Å². The van der Waals surface area contributed by atoms with E-state index in [1.807, 2.05) is 42.5 Å². The van der Waals surface area contributed by atoms with Crippen LogP contribution < -0.4 is 14.5 Å². The van der Waals surface area contributed by atoms with E-state index in [1.54, 1.807) is 11.8 Å². The lowest BCUT2D eigenvalue weighted by molar-refractivity contribution is -0.384. The predicted octanol–water partition coefficient (Wildman–Crippen LogP) is 7.02. The Bertz CT molecular complexity index is 1950. The monoisotopic (exact) mass is 723 g/mol. The third-order valence-electron chi connectivity index (χ3n) is 9.66. The topological polar surface area (TPSA) is 123 Å². The highest BCUT2D eigenvalue weighted by atomic mass is 79.9. The highest BCUT2D eigenvalue weighted by Crippen LogP contribution is 2.69. The number of nitro groups is 1. The van der Waals surface area contributed by atoms with E-state index < -0.39 is 16.8 Å². The van der Waals surface area contributed by atoms with Gasteiger partial charge < -0.3 is 9.72 Å². The minimum absolute atomic E-state index is 0.00987. The van der Waals surface area contributed by atoms with E-state index in [4.69, 9.17) is 16.3 Å². The molecule has 3 fully saturated rings. The number of hydrogen-bond donors (Lipinski definition) is 1. The van der Waals surface area contributed by atoms with Crippen LogP contribution in [0.4, 0.5) is 11.4 Å². The normalized spacial score (nSPS) is 27.8. The van der Waals surface area contributed by atoms with E-state index in [1.165, 1.54) is 40.5 Å². The average molecular weight is 725 g/mol. The van der Waals surface area contributed by atoms with Crippen LogP contribution in [0.25, 0.3) is 0 Å². The molecule has 8 rings (SSSR count). The van der Waals surface area contributed by atoms with E-state index in [2.05, 4.69) is 20.9 Å². The summed E-state index contributed by atoms with van der Waals surface area (Å²) in [4.78, 5) is 56.4. The Morgan fingerprint density at radius 1 is 1.00 bits per heavy atom. The number of nitro benzene ring substituents is 1. The number of imide groups is 1. The van der Waals surface area contributed by atoms with Crippen molar-refractivity contribution in [3.8, 4) is 5.75 Å². The van der Waals surface area contributed by atoms with Crippen molar-refractivity contribution in [1.29, 1.82) is 0 Å². The molecule has 7 atom stereocenters. The molecule has 0 radical (unpaired) electrons. The van der Waals surface area contributed by atoms with Gasteiger partial charge in [-0.15, -0.1) is 11.8 Å². The molecule has 0 spiro atoms. The highest BCUT2D eigenvalue weighted by Gasteiger charge is 2.69. The number of H-pyrrole nitrogens is 1. The minimum Gasteiger partial charge on any atom is -0.489 e. The molecule has 2 saturated carbocycles. The summed E-state index contributed by atoms with van der Waals surface area (Å²) in [5.74, 6) is -1.16. The Morgan fingerprint density at radius 2 is 1.71 bits per heavy atom. The maximum atomic E-state index is 14.0. The summed E-state index contributed by atoms with van der Waals surface area (Å²) in [7, 11) is 0. The molecule has 3 aromatic carbocycles. The second-order valence-electron chi connectivity index (χ2n) is 11.8. The molecule has 1 saturated heterocycles. The molecule has 2 aliphatic carbocycles. The number of ether oxygens (including phenoxy) is 1. The van der Waals surface area contributed by atoms with Gasteiger partial charge in [0.25, 0.3) is 5.69 Å².